The highest BCUT2D eigenvalue weighted by Gasteiger charge is 2.22. The average Bonchev–Trinajstić information content (AvgIpc) is 2.75. The van der Waals surface area contributed by atoms with Crippen LogP contribution in [0.3, 0.4) is 0 Å². The van der Waals surface area contributed by atoms with Gasteiger partial charge >= 0.3 is 0 Å². The molecule has 0 aliphatic carbocycles. The summed E-state index contributed by atoms with van der Waals surface area (Å²) >= 11 is 0. The van der Waals surface area contributed by atoms with Crippen molar-refractivity contribution < 1.29 is 18.8 Å². The number of amides is 3. The molecule has 1 heterocycles. The van der Waals surface area contributed by atoms with Crippen LogP contribution < -0.4 is 16.0 Å². The van der Waals surface area contributed by atoms with Gasteiger partial charge in [-0.15, -0.1) is 0 Å². The molecule has 0 atom stereocenters. The Kier molecular flexibility index (Phi) is 7.13. The van der Waals surface area contributed by atoms with Crippen molar-refractivity contribution >= 4 is 23.4 Å². The molecular weight excluding hydrogens is 387 g/mol. The quantitative estimate of drug-likeness (QED) is 0.677. The summed E-state index contributed by atoms with van der Waals surface area (Å²) in [7, 11) is 1.55. The number of carbonyl (C=O) groups excluding carboxylic acids is 3. The molecule has 2 aromatic carbocycles. The predicted octanol–water partition coefficient (Wildman–Crippen LogP) is 2.02. The minimum absolute atomic E-state index is 0.0195. The average molecular weight is 412 g/mol. The number of nitrogens with one attached hydrogen (secondary N) is 3. The Morgan fingerprint density at radius 1 is 1.00 bits per heavy atom. The third-order valence-electron chi connectivity index (χ3n) is 5.03. The van der Waals surface area contributed by atoms with Crippen LogP contribution in [0.1, 0.15) is 33.6 Å². The first kappa shape index (κ1) is 21.4. The number of carbonyl (C=O) groups is 3. The summed E-state index contributed by atoms with van der Waals surface area (Å²) in [5.41, 5.74) is 1.48. The van der Waals surface area contributed by atoms with Gasteiger partial charge in [-0.1, -0.05) is 6.07 Å². The molecule has 1 fully saturated rings. The van der Waals surface area contributed by atoms with Gasteiger partial charge in [0.15, 0.2) is 0 Å². The summed E-state index contributed by atoms with van der Waals surface area (Å²) < 4.78 is 13.0. The van der Waals surface area contributed by atoms with E-state index in [4.69, 9.17) is 0 Å². The van der Waals surface area contributed by atoms with Crippen LogP contribution in [0.4, 0.5) is 10.1 Å². The lowest BCUT2D eigenvalue weighted by Crippen LogP contribution is -2.46. The number of piperidine rings is 1. The number of nitrogens with zero attached hydrogens (tertiary/aromatic N) is 1. The van der Waals surface area contributed by atoms with Crippen LogP contribution in [0.5, 0.6) is 0 Å². The largest absolute Gasteiger partial charge is 0.355 e. The van der Waals surface area contributed by atoms with Crippen molar-refractivity contribution in [1.82, 2.24) is 15.5 Å². The van der Waals surface area contributed by atoms with Crippen molar-refractivity contribution in [2.24, 2.45) is 0 Å². The third kappa shape index (κ3) is 5.87. The summed E-state index contributed by atoms with van der Waals surface area (Å²) in [4.78, 5) is 38.3. The monoisotopic (exact) mass is 412 g/mol. The number of benzene rings is 2. The first-order valence-corrected chi connectivity index (χ1v) is 9.85. The van der Waals surface area contributed by atoms with Gasteiger partial charge in [0.25, 0.3) is 11.8 Å². The van der Waals surface area contributed by atoms with E-state index in [1.165, 1.54) is 24.3 Å². The van der Waals surface area contributed by atoms with Crippen LogP contribution in [-0.2, 0) is 4.79 Å². The van der Waals surface area contributed by atoms with Gasteiger partial charge in [0.05, 0.1) is 6.54 Å². The maximum absolute atomic E-state index is 13.0. The lowest BCUT2D eigenvalue weighted by molar-refractivity contribution is -0.117. The Labute approximate surface area is 174 Å². The highest BCUT2D eigenvalue weighted by atomic mass is 19.1. The second-order valence-corrected chi connectivity index (χ2v) is 7.24. The van der Waals surface area contributed by atoms with Crippen LogP contribution in [-0.4, -0.2) is 55.3 Å². The van der Waals surface area contributed by atoms with Gasteiger partial charge in [-0.25, -0.2) is 4.39 Å². The van der Waals surface area contributed by atoms with E-state index in [-0.39, 0.29) is 36.1 Å². The van der Waals surface area contributed by atoms with Crippen molar-refractivity contribution in [3.05, 3.63) is 65.5 Å². The fraction of sp³-hybridized carbons (Fsp3) is 0.318. The number of halogens is 1. The summed E-state index contributed by atoms with van der Waals surface area (Å²) in [6, 6.07) is 12.2. The standard InChI is InChI=1S/C22H25FN4O3/c1-24-21(29)16-3-2-4-19(13-16)25-20(28)14-27-11-9-18(10-12-27)26-22(30)15-5-7-17(23)8-6-15/h2-8,13,18H,9-12,14H2,1H3,(H,24,29)(H,25,28)(H,26,30). The van der Waals surface area contributed by atoms with Crippen LogP contribution in [0.25, 0.3) is 0 Å². The molecule has 7 nitrogen and oxygen atoms in total. The molecule has 1 aliphatic rings. The molecule has 0 bridgehead atoms. The fourth-order valence-corrected chi connectivity index (χ4v) is 3.39. The Bertz CT molecular complexity index is 909. The number of hydrogen-bond acceptors (Lipinski definition) is 4. The van der Waals surface area contributed by atoms with Gasteiger partial charge < -0.3 is 16.0 Å². The fourth-order valence-electron chi connectivity index (χ4n) is 3.39. The molecule has 1 saturated heterocycles. The highest BCUT2D eigenvalue weighted by molar-refractivity contribution is 5.97. The van der Waals surface area contributed by atoms with Crippen LogP contribution in [0, 0.1) is 5.82 Å². The lowest BCUT2D eigenvalue weighted by Gasteiger charge is -2.31. The van der Waals surface area contributed by atoms with E-state index in [1.807, 2.05) is 4.90 Å². The number of likely N-dealkylation sites (tertiary alicyclic amines) is 1. The van der Waals surface area contributed by atoms with Crippen molar-refractivity contribution in [1.29, 1.82) is 0 Å². The first-order valence-electron chi connectivity index (χ1n) is 9.85. The smallest absolute Gasteiger partial charge is 0.251 e. The first-order chi connectivity index (χ1) is 14.4. The zero-order chi connectivity index (χ0) is 21.5. The molecule has 0 unspecified atom stereocenters. The molecule has 2 aromatic rings. The Balaban J connectivity index is 1.44. The van der Waals surface area contributed by atoms with E-state index in [2.05, 4.69) is 16.0 Å². The molecule has 30 heavy (non-hydrogen) atoms. The molecule has 8 heteroatoms. The molecule has 0 spiro atoms. The minimum Gasteiger partial charge on any atom is -0.355 e. The maximum atomic E-state index is 13.0. The molecule has 3 N–H and O–H groups in total. The van der Waals surface area contributed by atoms with Crippen molar-refractivity contribution in [2.45, 2.75) is 18.9 Å². The van der Waals surface area contributed by atoms with Gasteiger partial charge in [-0.2, -0.15) is 0 Å². The second-order valence-electron chi connectivity index (χ2n) is 7.24. The van der Waals surface area contributed by atoms with Crippen LogP contribution in [0.15, 0.2) is 48.5 Å². The maximum Gasteiger partial charge on any atom is 0.251 e. The second kappa shape index (κ2) is 9.98. The molecular formula is C22H25FN4O3. The third-order valence-corrected chi connectivity index (χ3v) is 5.03. The number of hydrogen-bond donors (Lipinski definition) is 3. The zero-order valence-corrected chi connectivity index (χ0v) is 16.8. The van der Waals surface area contributed by atoms with Crippen LogP contribution >= 0.6 is 0 Å². The number of anilines is 1. The Morgan fingerprint density at radius 3 is 2.37 bits per heavy atom. The van der Waals surface area contributed by atoms with E-state index >= 15 is 0 Å². The van der Waals surface area contributed by atoms with Crippen LogP contribution in [0.2, 0.25) is 0 Å². The van der Waals surface area contributed by atoms with E-state index < -0.39 is 0 Å². The molecule has 3 amide bonds. The molecule has 0 saturated carbocycles. The van der Waals surface area contributed by atoms with Gasteiger partial charge in [0.2, 0.25) is 5.91 Å². The van der Waals surface area contributed by atoms with E-state index in [0.29, 0.717) is 29.9 Å². The van der Waals surface area contributed by atoms with Gasteiger partial charge in [0, 0.05) is 43.0 Å². The molecule has 3 rings (SSSR count). The highest BCUT2D eigenvalue weighted by Crippen LogP contribution is 2.14. The minimum atomic E-state index is -0.376. The number of rotatable bonds is 6. The summed E-state index contributed by atoms with van der Waals surface area (Å²) in [6.07, 6.45) is 1.46. The van der Waals surface area contributed by atoms with Gasteiger partial charge in [-0.05, 0) is 55.3 Å². The molecule has 0 aromatic heterocycles. The van der Waals surface area contributed by atoms with E-state index in [1.54, 1.807) is 31.3 Å². The van der Waals surface area contributed by atoms with Gasteiger partial charge in [-0.3, -0.25) is 19.3 Å². The zero-order valence-electron chi connectivity index (χ0n) is 16.8. The topological polar surface area (TPSA) is 90.5 Å². The molecule has 1 aliphatic heterocycles. The Morgan fingerprint density at radius 2 is 1.70 bits per heavy atom. The normalized spacial score (nSPS) is 14.7. The summed E-state index contributed by atoms with van der Waals surface area (Å²) in [5.74, 6) is -0.964. The molecule has 0 radical (unpaired) electrons. The van der Waals surface area contributed by atoms with Crippen molar-refractivity contribution in [2.75, 3.05) is 32.0 Å². The SMILES string of the molecule is CNC(=O)c1cccc(NC(=O)CN2CCC(NC(=O)c3ccc(F)cc3)CC2)c1. The van der Waals surface area contributed by atoms with Crippen molar-refractivity contribution in [3.8, 4) is 0 Å². The lowest BCUT2D eigenvalue weighted by atomic mass is 10.0. The summed E-state index contributed by atoms with van der Waals surface area (Å²) in [5, 5.41) is 8.33. The van der Waals surface area contributed by atoms with Gasteiger partial charge in [0.1, 0.15) is 5.82 Å². The molecule has 158 valence electrons. The summed E-state index contributed by atoms with van der Waals surface area (Å²) in [6.45, 7) is 1.60. The van der Waals surface area contributed by atoms with E-state index in [0.717, 1.165) is 12.8 Å². The van der Waals surface area contributed by atoms with E-state index in [9.17, 15) is 18.8 Å². The van der Waals surface area contributed by atoms with Crippen molar-refractivity contribution in [3.63, 3.8) is 0 Å². The Hall–Kier alpha value is -3.26. The predicted molar refractivity (Wildman–Crippen MR) is 112 cm³/mol.